The topological polar surface area (TPSA) is 63.3 Å². The van der Waals surface area contributed by atoms with Gasteiger partial charge in [-0.3, -0.25) is 4.79 Å². The molecule has 0 fully saturated rings. The van der Waals surface area contributed by atoms with Crippen LogP contribution < -0.4 is 0 Å². The second-order valence-electron chi connectivity index (χ2n) is 15.3. The molecule has 0 amide bonds. The molecular formula is C41H54IrNO3-. The molecule has 0 saturated carbocycles. The third-order valence-corrected chi connectivity index (χ3v) is 9.78. The van der Waals surface area contributed by atoms with Gasteiger partial charge in [-0.2, -0.15) is 0 Å². The van der Waals surface area contributed by atoms with Crippen LogP contribution in [0.5, 0.6) is 0 Å². The third kappa shape index (κ3) is 6.92. The molecule has 4 aromatic rings. The average molecular weight is 801 g/mol. The van der Waals surface area contributed by atoms with Crippen LogP contribution in [-0.4, -0.2) is 15.9 Å². The quantitative estimate of drug-likeness (QED) is 0.115. The molecule has 2 aromatic carbocycles. The minimum Gasteiger partial charge on any atom is -0.512 e. The second-order valence-corrected chi connectivity index (χ2v) is 15.3. The van der Waals surface area contributed by atoms with Crippen molar-refractivity contribution < 1.29 is 34.4 Å². The molecule has 2 aromatic heterocycles. The van der Waals surface area contributed by atoms with Gasteiger partial charge in [0, 0.05) is 49.6 Å². The number of benzene rings is 2. The molecule has 1 aliphatic carbocycles. The first kappa shape index (κ1) is 37.7. The molecule has 46 heavy (non-hydrogen) atoms. The monoisotopic (exact) mass is 801 g/mol. The van der Waals surface area contributed by atoms with Gasteiger partial charge >= 0.3 is 0 Å². The van der Waals surface area contributed by atoms with E-state index in [1.807, 2.05) is 40.0 Å². The Kier molecular flexibility index (Phi) is 11.6. The normalized spacial score (nSPS) is 14.3. The molecule has 0 saturated heterocycles. The second kappa shape index (κ2) is 14.2. The Morgan fingerprint density at radius 2 is 1.43 bits per heavy atom. The summed E-state index contributed by atoms with van der Waals surface area (Å²) in [6.07, 6.45) is 6.80. The molecule has 1 N–H and O–H groups in total. The summed E-state index contributed by atoms with van der Waals surface area (Å²) in [6, 6.07) is 14.6. The summed E-state index contributed by atoms with van der Waals surface area (Å²) in [5.41, 5.74) is 8.82. The van der Waals surface area contributed by atoms with Gasteiger partial charge in [-0.25, -0.2) is 0 Å². The van der Waals surface area contributed by atoms with Gasteiger partial charge in [-0.1, -0.05) is 118 Å². The number of hydrogen-bond acceptors (Lipinski definition) is 4. The van der Waals surface area contributed by atoms with E-state index in [9.17, 15) is 9.90 Å². The smallest absolute Gasteiger partial charge is 0.162 e. The van der Waals surface area contributed by atoms with Crippen LogP contribution in [0.25, 0.3) is 33.2 Å². The fourth-order valence-corrected chi connectivity index (χ4v) is 6.80. The van der Waals surface area contributed by atoms with Crippen LogP contribution in [0.1, 0.15) is 131 Å². The van der Waals surface area contributed by atoms with Gasteiger partial charge in [-0.15, -0.1) is 17.7 Å². The fourth-order valence-electron chi connectivity index (χ4n) is 6.80. The summed E-state index contributed by atoms with van der Waals surface area (Å²) in [4.78, 5) is 16.6. The molecule has 0 bridgehead atoms. The van der Waals surface area contributed by atoms with Crippen LogP contribution in [0.2, 0.25) is 0 Å². The molecule has 1 radical (unpaired) electrons. The van der Waals surface area contributed by atoms with Crippen molar-refractivity contribution in [1.82, 2.24) is 4.98 Å². The Bertz CT molecular complexity index is 1720. The standard InChI is InChI=1S/C28H30NO.C13H24O2.Ir/c1-26(2,3)19-12-11-16-21-22-17(28(7,8)18-10-9-15-29-23(16)18)13-14-20(27(4,5)6)25(22)30-24(19)21;1-5-10(6-2)12(14)9-13(15)11(7-3)8-4;/h9-10,12-15H,1-8H3;9-11,14H,5-8H2,1-4H3;/q-1;;/b;12-9-;. The Hall–Kier alpha value is -2.75. The Labute approximate surface area is 290 Å². The molecule has 2 heterocycles. The van der Waals surface area contributed by atoms with Gasteiger partial charge < -0.3 is 14.5 Å². The minimum absolute atomic E-state index is 0. The van der Waals surface area contributed by atoms with Crippen LogP contribution >= 0.6 is 0 Å². The molecule has 5 rings (SSSR count). The predicted molar refractivity (Wildman–Crippen MR) is 189 cm³/mol. The first-order chi connectivity index (χ1) is 21.0. The van der Waals surface area contributed by atoms with Crippen LogP contribution in [0, 0.1) is 17.9 Å². The number of furan rings is 1. The summed E-state index contributed by atoms with van der Waals surface area (Å²) in [5.74, 6) is 0.547. The molecule has 0 atom stereocenters. The maximum Gasteiger partial charge on any atom is 0.162 e. The number of fused-ring (bicyclic) bond motifs is 2. The minimum atomic E-state index is -0.191. The fraction of sp³-hybridized carbons (Fsp3) is 0.512. The summed E-state index contributed by atoms with van der Waals surface area (Å²) in [7, 11) is 0. The number of rotatable bonds is 7. The average Bonchev–Trinajstić information content (AvgIpc) is 3.33. The van der Waals surface area contributed by atoms with Crippen molar-refractivity contribution in [3.05, 3.63) is 76.7 Å². The Balaban J connectivity index is 0.000000309. The molecule has 4 nitrogen and oxygen atoms in total. The summed E-state index contributed by atoms with van der Waals surface area (Å²) in [6.45, 7) is 26.2. The number of aromatic nitrogens is 1. The number of carbonyl (C=O) groups excluding carboxylic acids is 1. The predicted octanol–water partition coefficient (Wildman–Crippen LogP) is 11.5. The zero-order valence-electron chi connectivity index (χ0n) is 30.1. The van der Waals surface area contributed by atoms with E-state index in [1.165, 1.54) is 39.1 Å². The molecular weight excluding hydrogens is 747 g/mol. The van der Waals surface area contributed by atoms with Gasteiger partial charge in [0.1, 0.15) is 5.58 Å². The van der Waals surface area contributed by atoms with E-state index in [0.29, 0.717) is 0 Å². The Morgan fingerprint density at radius 1 is 0.870 bits per heavy atom. The number of ketones is 1. The number of aliphatic hydroxyl groups excluding tert-OH is 1. The van der Waals surface area contributed by atoms with Crippen LogP contribution in [0.15, 0.2) is 52.8 Å². The van der Waals surface area contributed by atoms with Crippen LogP contribution in [0.3, 0.4) is 0 Å². The van der Waals surface area contributed by atoms with E-state index >= 15 is 0 Å². The zero-order valence-corrected chi connectivity index (χ0v) is 32.5. The van der Waals surface area contributed by atoms with Crippen molar-refractivity contribution in [2.75, 3.05) is 0 Å². The van der Waals surface area contributed by atoms with Gasteiger partial charge in [0.25, 0.3) is 0 Å². The van der Waals surface area contributed by atoms with Gasteiger partial charge in [-0.05, 0) is 64.8 Å². The number of nitrogens with zero attached hydrogens (tertiary/aromatic N) is 1. The van der Waals surface area contributed by atoms with Gasteiger partial charge in [0.05, 0.1) is 11.3 Å². The molecule has 1 aliphatic rings. The SMILES string of the molecule is CC(C)(C)c1c[c-]c2c3c1oc1c(C(C)(C)C)ccc(c13)C(C)(C)c1cccnc1-2.CCC(CC)C(=O)/C=C(\O)C(CC)CC.[Ir]. The number of carbonyl (C=O) groups is 1. The van der Waals surface area contributed by atoms with E-state index < -0.39 is 0 Å². The first-order valence-electron chi connectivity index (χ1n) is 16.9. The van der Waals surface area contributed by atoms with Crippen molar-refractivity contribution in [3.63, 3.8) is 0 Å². The molecule has 251 valence electrons. The van der Waals surface area contributed by atoms with Crippen molar-refractivity contribution in [2.24, 2.45) is 11.8 Å². The first-order valence-corrected chi connectivity index (χ1v) is 16.9. The maximum absolute atomic E-state index is 11.7. The molecule has 5 heteroatoms. The summed E-state index contributed by atoms with van der Waals surface area (Å²) < 4.78 is 6.79. The van der Waals surface area contributed by atoms with E-state index in [0.717, 1.165) is 48.1 Å². The van der Waals surface area contributed by atoms with E-state index in [1.54, 1.807) is 0 Å². The molecule has 0 aliphatic heterocycles. The largest absolute Gasteiger partial charge is 0.512 e. The Morgan fingerprint density at radius 3 is 1.98 bits per heavy atom. The van der Waals surface area contributed by atoms with E-state index in [2.05, 4.69) is 85.7 Å². The summed E-state index contributed by atoms with van der Waals surface area (Å²) >= 11 is 0. The number of aliphatic hydroxyl groups is 1. The van der Waals surface area contributed by atoms with E-state index in [4.69, 9.17) is 9.40 Å². The maximum atomic E-state index is 11.7. The number of hydrogen-bond donors (Lipinski definition) is 1. The van der Waals surface area contributed by atoms with Crippen molar-refractivity contribution in [2.45, 2.75) is 125 Å². The zero-order chi connectivity index (χ0) is 33.5. The van der Waals surface area contributed by atoms with Crippen LogP contribution in [-0.2, 0) is 41.1 Å². The number of allylic oxidation sites excluding steroid dienone is 2. The van der Waals surface area contributed by atoms with Gasteiger partial charge in [0.2, 0.25) is 0 Å². The van der Waals surface area contributed by atoms with Crippen molar-refractivity contribution in [1.29, 1.82) is 0 Å². The van der Waals surface area contributed by atoms with Crippen LogP contribution in [0.4, 0.5) is 0 Å². The van der Waals surface area contributed by atoms with Crippen molar-refractivity contribution >= 4 is 27.7 Å². The van der Waals surface area contributed by atoms with E-state index in [-0.39, 0.29) is 59.7 Å². The molecule has 0 spiro atoms. The van der Waals surface area contributed by atoms with Gasteiger partial charge in [0.15, 0.2) is 5.78 Å². The van der Waals surface area contributed by atoms with Crippen molar-refractivity contribution in [3.8, 4) is 11.3 Å². The molecule has 0 unspecified atom stereocenters. The summed E-state index contributed by atoms with van der Waals surface area (Å²) in [5, 5.41) is 12.2. The number of pyridine rings is 1. The third-order valence-electron chi connectivity index (χ3n) is 9.78.